The molecule has 0 saturated carbocycles. The second-order valence-electron chi connectivity index (χ2n) is 3.02. The van der Waals surface area contributed by atoms with E-state index in [1.165, 1.54) is 25.1 Å². The Labute approximate surface area is 87.2 Å². The van der Waals surface area contributed by atoms with Gasteiger partial charge in [-0.1, -0.05) is 17.7 Å². The first-order valence-electron chi connectivity index (χ1n) is 4.15. The lowest BCUT2D eigenvalue weighted by Gasteiger charge is -2.01. The molecule has 1 aromatic carbocycles. The van der Waals surface area contributed by atoms with Crippen LogP contribution >= 0.6 is 11.6 Å². The topological polar surface area (TPSA) is 17.1 Å². The van der Waals surface area contributed by atoms with E-state index in [0.29, 0.717) is 10.6 Å². The van der Waals surface area contributed by atoms with Gasteiger partial charge in [-0.15, -0.1) is 0 Å². The molecule has 14 heavy (non-hydrogen) atoms. The molecule has 0 unspecified atom stereocenters. The van der Waals surface area contributed by atoms with Gasteiger partial charge in [0.15, 0.2) is 5.78 Å². The molecule has 0 aromatic heterocycles. The molecule has 0 fully saturated rings. The molecule has 0 heterocycles. The number of carbonyl (C=O) groups is 1. The van der Waals surface area contributed by atoms with Gasteiger partial charge in [0.1, 0.15) is 5.82 Å². The van der Waals surface area contributed by atoms with E-state index in [2.05, 4.69) is 0 Å². The summed E-state index contributed by atoms with van der Waals surface area (Å²) in [6.45, 7) is 3.06. The first-order chi connectivity index (χ1) is 6.52. The lowest BCUT2D eigenvalue weighted by atomic mass is 10.1. The summed E-state index contributed by atoms with van der Waals surface area (Å²) in [4.78, 5) is 10.9. The van der Waals surface area contributed by atoms with E-state index in [1.807, 2.05) is 0 Å². The smallest absolute Gasteiger partial charge is 0.155 e. The van der Waals surface area contributed by atoms with Crippen molar-refractivity contribution in [1.29, 1.82) is 0 Å². The number of Topliss-reactive ketones (excluding diaryl/α,β-unsaturated/α-hetero) is 1. The van der Waals surface area contributed by atoms with Gasteiger partial charge in [-0.2, -0.15) is 0 Å². The van der Waals surface area contributed by atoms with Gasteiger partial charge in [0, 0.05) is 5.56 Å². The van der Waals surface area contributed by atoms with Crippen molar-refractivity contribution in [1.82, 2.24) is 0 Å². The second-order valence-corrected chi connectivity index (χ2v) is 3.43. The molecule has 1 aromatic rings. The molecule has 0 aliphatic rings. The van der Waals surface area contributed by atoms with E-state index in [1.54, 1.807) is 13.0 Å². The van der Waals surface area contributed by atoms with E-state index < -0.39 is 5.82 Å². The highest BCUT2D eigenvalue weighted by Crippen LogP contribution is 2.21. The van der Waals surface area contributed by atoms with Gasteiger partial charge in [-0.05, 0) is 37.6 Å². The molecule has 0 saturated heterocycles. The van der Waals surface area contributed by atoms with Crippen molar-refractivity contribution in [2.75, 3.05) is 0 Å². The van der Waals surface area contributed by atoms with Crippen molar-refractivity contribution >= 4 is 23.5 Å². The third kappa shape index (κ3) is 2.42. The quantitative estimate of drug-likeness (QED) is 0.686. The summed E-state index contributed by atoms with van der Waals surface area (Å²) in [6, 6.07) is 4.42. The molecule has 1 rings (SSSR count). The zero-order valence-electron chi connectivity index (χ0n) is 7.97. The summed E-state index contributed by atoms with van der Waals surface area (Å²) < 4.78 is 13.2. The van der Waals surface area contributed by atoms with Crippen LogP contribution in [0.15, 0.2) is 23.8 Å². The predicted octanol–water partition coefficient (Wildman–Crippen LogP) is 3.47. The fraction of sp³-hybridized carbons (Fsp3) is 0.182. The van der Waals surface area contributed by atoms with Crippen molar-refractivity contribution in [3.05, 3.63) is 40.2 Å². The summed E-state index contributed by atoms with van der Waals surface area (Å²) in [5.41, 5.74) is 0.749. The molecule has 0 amide bonds. The molecule has 0 bridgehead atoms. The summed E-state index contributed by atoms with van der Waals surface area (Å²) in [6.07, 6.45) is 1.46. The minimum absolute atomic E-state index is 0.0932. The van der Waals surface area contributed by atoms with Crippen LogP contribution in [0, 0.1) is 5.82 Å². The number of halogens is 2. The van der Waals surface area contributed by atoms with E-state index in [0.717, 1.165) is 0 Å². The van der Waals surface area contributed by atoms with Crippen LogP contribution in [0.5, 0.6) is 0 Å². The fourth-order valence-electron chi connectivity index (χ4n) is 0.967. The molecule has 0 radical (unpaired) electrons. The number of hydrogen-bond acceptors (Lipinski definition) is 1. The van der Waals surface area contributed by atoms with Crippen molar-refractivity contribution in [3.63, 3.8) is 0 Å². The van der Waals surface area contributed by atoms with Crippen LogP contribution in [-0.2, 0) is 4.79 Å². The summed E-state index contributed by atoms with van der Waals surface area (Å²) in [5.74, 6) is -0.512. The summed E-state index contributed by atoms with van der Waals surface area (Å²) >= 11 is 5.78. The average Bonchev–Trinajstić information content (AvgIpc) is 2.11. The number of carbonyl (C=O) groups excluding carboxylic acids is 1. The third-order valence-corrected chi connectivity index (χ3v) is 2.25. The zero-order chi connectivity index (χ0) is 10.7. The highest BCUT2D eigenvalue weighted by Gasteiger charge is 2.05. The SMILES string of the molecule is CC(=O)/C(C)=C\c1c(F)cccc1Cl. The molecular weight excluding hydrogens is 203 g/mol. The maximum Gasteiger partial charge on any atom is 0.155 e. The minimum Gasteiger partial charge on any atom is -0.295 e. The van der Waals surface area contributed by atoms with E-state index in [-0.39, 0.29) is 11.3 Å². The molecule has 0 N–H and O–H groups in total. The van der Waals surface area contributed by atoms with Crippen LogP contribution in [-0.4, -0.2) is 5.78 Å². The number of rotatable bonds is 2. The predicted molar refractivity (Wildman–Crippen MR) is 55.7 cm³/mol. The zero-order valence-corrected chi connectivity index (χ0v) is 8.73. The van der Waals surface area contributed by atoms with Gasteiger partial charge in [0.2, 0.25) is 0 Å². The Bertz CT molecular complexity index is 376. The molecule has 0 aliphatic heterocycles. The minimum atomic E-state index is -0.418. The molecule has 0 aliphatic carbocycles. The van der Waals surface area contributed by atoms with Gasteiger partial charge in [0.05, 0.1) is 5.02 Å². The molecule has 1 nitrogen and oxygen atoms in total. The van der Waals surface area contributed by atoms with Crippen molar-refractivity contribution < 1.29 is 9.18 Å². The lowest BCUT2D eigenvalue weighted by Crippen LogP contribution is -1.92. The van der Waals surface area contributed by atoms with Gasteiger partial charge < -0.3 is 0 Å². The van der Waals surface area contributed by atoms with Gasteiger partial charge in [0.25, 0.3) is 0 Å². The molecule has 0 atom stereocenters. The second kappa shape index (κ2) is 4.38. The maximum atomic E-state index is 13.2. The van der Waals surface area contributed by atoms with Crippen molar-refractivity contribution in [2.24, 2.45) is 0 Å². The Morgan fingerprint density at radius 2 is 2.07 bits per heavy atom. The van der Waals surface area contributed by atoms with E-state index in [9.17, 15) is 9.18 Å². The Balaban J connectivity index is 3.20. The normalized spacial score (nSPS) is 11.6. The van der Waals surface area contributed by atoms with Crippen LogP contribution in [0.25, 0.3) is 6.08 Å². The number of hydrogen-bond donors (Lipinski definition) is 0. The fourth-order valence-corrected chi connectivity index (χ4v) is 1.18. The third-order valence-electron chi connectivity index (χ3n) is 1.92. The van der Waals surface area contributed by atoms with E-state index in [4.69, 9.17) is 11.6 Å². The highest BCUT2D eigenvalue weighted by atomic mass is 35.5. The average molecular weight is 213 g/mol. The van der Waals surface area contributed by atoms with Gasteiger partial charge in [-0.3, -0.25) is 4.79 Å². The Hall–Kier alpha value is -1.15. The summed E-state index contributed by atoms with van der Waals surface area (Å²) in [5, 5.41) is 0.311. The van der Waals surface area contributed by atoms with Crippen molar-refractivity contribution in [3.8, 4) is 0 Å². The highest BCUT2D eigenvalue weighted by molar-refractivity contribution is 6.32. The molecular formula is C11H10ClFO. The van der Waals surface area contributed by atoms with Crippen LogP contribution in [0.3, 0.4) is 0 Å². The van der Waals surface area contributed by atoms with Crippen LogP contribution in [0.1, 0.15) is 19.4 Å². The first-order valence-corrected chi connectivity index (χ1v) is 4.53. The van der Waals surface area contributed by atoms with Crippen LogP contribution in [0.4, 0.5) is 4.39 Å². The molecule has 0 spiro atoms. The van der Waals surface area contributed by atoms with Crippen LogP contribution in [0.2, 0.25) is 5.02 Å². The Morgan fingerprint density at radius 3 is 2.57 bits per heavy atom. The van der Waals surface area contributed by atoms with E-state index >= 15 is 0 Å². The molecule has 3 heteroatoms. The van der Waals surface area contributed by atoms with Crippen LogP contribution < -0.4 is 0 Å². The molecule has 74 valence electrons. The standard InChI is InChI=1S/C11H10ClFO/c1-7(8(2)14)6-9-10(12)4-3-5-11(9)13/h3-6H,1-2H3/b7-6-. The lowest BCUT2D eigenvalue weighted by molar-refractivity contribution is -0.113. The monoisotopic (exact) mass is 212 g/mol. The van der Waals surface area contributed by atoms with Gasteiger partial charge >= 0.3 is 0 Å². The first kappa shape index (κ1) is 10.9. The van der Waals surface area contributed by atoms with Crippen molar-refractivity contribution in [2.45, 2.75) is 13.8 Å². The Morgan fingerprint density at radius 1 is 1.43 bits per heavy atom. The number of allylic oxidation sites excluding steroid dienone is 1. The Kier molecular flexibility index (Phi) is 3.42. The van der Waals surface area contributed by atoms with Gasteiger partial charge in [-0.25, -0.2) is 4.39 Å². The maximum absolute atomic E-state index is 13.2. The largest absolute Gasteiger partial charge is 0.295 e. The summed E-state index contributed by atoms with van der Waals surface area (Å²) in [7, 11) is 0. The number of ketones is 1. The number of benzene rings is 1.